The molecule has 1 saturated heterocycles. The van der Waals surface area contributed by atoms with Crippen LogP contribution in [0.4, 0.5) is 10.1 Å². The van der Waals surface area contributed by atoms with E-state index in [0.717, 1.165) is 11.4 Å². The molecule has 2 heterocycles. The maximum Gasteiger partial charge on any atom is 0.146 e. The van der Waals surface area contributed by atoms with Gasteiger partial charge in [0.15, 0.2) is 0 Å². The lowest BCUT2D eigenvalue weighted by atomic mass is 10.1. The van der Waals surface area contributed by atoms with Gasteiger partial charge in [0.25, 0.3) is 0 Å². The Labute approximate surface area is 129 Å². The van der Waals surface area contributed by atoms with Crippen LogP contribution < -0.4 is 10.2 Å². The molecule has 1 aliphatic heterocycles. The second-order valence-corrected chi connectivity index (χ2v) is 5.64. The second kappa shape index (κ2) is 6.89. The van der Waals surface area contributed by atoms with Crippen LogP contribution in [0.5, 0.6) is 0 Å². The van der Waals surface area contributed by atoms with Crippen LogP contribution in [0.25, 0.3) is 0 Å². The fraction of sp³-hybridized carbons (Fsp3) is 0.438. The maximum atomic E-state index is 14.3. The molecule has 1 aromatic heterocycles. The summed E-state index contributed by atoms with van der Waals surface area (Å²) in [4.78, 5) is 9.14. The van der Waals surface area contributed by atoms with Crippen LogP contribution in [-0.4, -0.2) is 34.3 Å². The van der Waals surface area contributed by atoms with Gasteiger partial charge in [-0.2, -0.15) is 0 Å². The van der Waals surface area contributed by atoms with E-state index in [4.69, 9.17) is 0 Å². The summed E-state index contributed by atoms with van der Waals surface area (Å²) in [6, 6.07) is 5.35. The predicted molar refractivity (Wildman–Crippen MR) is 83.0 cm³/mol. The van der Waals surface area contributed by atoms with Gasteiger partial charge in [-0.3, -0.25) is 0 Å². The van der Waals surface area contributed by atoms with Crippen molar-refractivity contribution >= 4 is 5.69 Å². The average Bonchev–Trinajstić information content (AvgIpc) is 3.02. The predicted octanol–water partition coefficient (Wildman–Crippen LogP) is 1.80. The summed E-state index contributed by atoms with van der Waals surface area (Å²) in [6.45, 7) is 2.62. The van der Waals surface area contributed by atoms with Crippen molar-refractivity contribution in [3.8, 4) is 0 Å². The van der Waals surface area contributed by atoms with E-state index in [0.29, 0.717) is 44.7 Å². The Bertz CT molecular complexity index is 594. The molecule has 0 amide bonds. The van der Waals surface area contributed by atoms with Crippen LogP contribution in [0.1, 0.15) is 24.2 Å². The molecule has 5 nitrogen and oxygen atoms in total. The number of aromatic nitrogens is 2. The molecular weight excluding hydrogens is 283 g/mol. The number of piperidine rings is 1. The molecule has 0 bridgehead atoms. The van der Waals surface area contributed by atoms with Gasteiger partial charge in [-0.15, -0.1) is 0 Å². The first kappa shape index (κ1) is 15.0. The first-order valence-corrected chi connectivity index (χ1v) is 7.63. The highest BCUT2D eigenvalue weighted by atomic mass is 19.1. The third kappa shape index (κ3) is 3.64. The summed E-state index contributed by atoms with van der Waals surface area (Å²) >= 11 is 0. The Morgan fingerprint density at radius 1 is 1.32 bits per heavy atom. The number of aliphatic hydroxyl groups is 1. The fourth-order valence-corrected chi connectivity index (χ4v) is 2.74. The molecule has 0 atom stereocenters. The Morgan fingerprint density at radius 3 is 2.82 bits per heavy atom. The molecule has 0 aliphatic carbocycles. The number of aromatic amines is 1. The van der Waals surface area contributed by atoms with Gasteiger partial charge in [0.05, 0.1) is 18.3 Å². The van der Waals surface area contributed by atoms with Crippen molar-refractivity contribution in [1.82, 2.24) is 15.3 Å². The lowest BCUT2D eigenvalue weighted by Gasteiger charge is -2.31. The van der Waals surface area contributed by atoms with Crippen LogP contribution in [0, 0.1) is 5.82 Å². The van der Waals surface area contributed by atoms with Crippen molar-refractivity contribution in [3.63, 3.8) is 0 Å². The largest absolute Gasteiger partial charge is 0.393 e. The van der Waals surface area contributed by atoms with E-state index in [-0.39, 0.29) is 11.9 Å². The number of halogens is 1. The molecule has 2 aromatic rings. The molecule has 6 heteroatoms. The molecule has 118 valence electrons. The first-order valence-electron chi connectivity index (χ1n) is 7.63. The Kier molecular flexibility index (Phi) is 4.70. The number of rotatable bonds is 5. The van der Waals surface area contributed by atoms with Gasteiger partial charge >= 0.3 is 0 Å². The number of hydrogen-bond acceptors (Lipinski definition) is 4. The average molecular weight is 304 g/mol. The van der Waals surface area contributed by atoms with Crippen molar-refractivity contribution in [2.75, 3.05) is 18.0 Å². The Balaban J connectivity index is 1.57. The standard InChI is InChI=1S/C16H21FN4O/c17-14-9-12(10-18-11-16-19-5-6-20-16)1-2-15(14)21-7-3-13(22)4-8-21/h1-2,5-6,9,13,18,22H,3-4,7-8,10-11H2,(H,19,20). The van der Waals surface area contributed by atoms with E-state index < -0.39 is 0 Å². The molecule has 1 aromatic carbocycles. The van der Waals surface area contributed by atoms with Crippen LogP contribution in [0.15, 0.2) is 30.6 Å². The summed E-state index contributed by atoms with van der Waals surface area (Å²) in [6.07, 6.45) is 4.64. The lowest BCUT2D eigenvalue weighted by molar-refractivity contribution is 0.145. The SMILES string of the molecule is OC1CCN(c2ccc(CNCc3ncc[nH]3)cc2F)CC1. The minimum Gasteiger partial charge on any atom is -0.393 e. The Hall–Kier alpha value is -1.92. The molecular formula is C16H21FN4O. The molecule has 0 saturated carbocycles. The first-order chi connectivity index (χ1) is 10.7. The topological polar surface area (TPSA) is 64.2 Å². The highest BCUT2D eigenvalue weighted by molar-refractivity contribution is 5.49. The number of benzene rings is 1. The third-order valence-corrected chi connectivity index (χ3v) is 3.99. The van der Waals surface area contributed by atoms with E-state index in [2.05, 4.69) is 15.3 Å². The van der Waals surface area contributed by atoms with Gasteiger partial charge in [0, 0.05) is 32.0 Å². The smallest absolute Gasteiger partial charge is 0.146 e. The minimum atomic E-state index is -0.246. The summed E-state index contributed by atoms with van der Waals surface area (Å²) in [7, 11) is 0. The normalized spacial score (nSPS) is 16.2. The van der Waals surface area contributed by atoms with E-state index in [1.807, 2.05) is 17.0 Å². The number of imidazole rings is 1. The fourth-order valence-electron chi connectivity index (χ4n) is 2.74. The van der Waals surface area contributed by atoms with Crippen LogP contribution in [0.3, 0.4) is 0 Å². The number of anilines is 1. The number of nitrogens with one attached hydrogen (secondary N) is 2. The van der Waals surface area contributed by atoms with Crippen molar-refractivity contribution in [2.45, 2.75) is 32.0 Å². The summed E-state index contributed by atoms with van der Waals surface area (Å²) in [5, 5.41) is 12.8. The van der Waals surface area contributed by atoms with Crippen LogP contribution in [-0.2, 0) is 13.1 Å². The van der Waals surface area contributed by atoms with E-state index in [1.54, 1.807) is 18.5 Å². The van der Waals surface area contributed by atoms with Crippen LogP contribution in [0.2, 0.25) is 0 Å². The highest BCUT2D eigenvalue weighted by Crippen LogP contribution is 2.24. The molecule has 0 radical (unpaired) electrons. The van der Waals surface area contributed by atoms with Crippen molar-refractivity contribution in [1.29, 1.82) is 0 Å². The molecule has 3 rings (SSSR count). The molecule has 0 unspecified atom stereocenters. The molecule has 0 spiro atoms. The van der Waals surface area contributed by atoms with Crippen molar-refractivity contribution < 1.29 is 9.50 Å². The third-order valence-electron chi connectivity index (χ3n) is 3.99. The van der Waals surface area contributed by atoms with Crippen molar-refractivity contribution in [2.24, 2.45) is 0 Å². The van der Waals surface area contributed by atoms with Crippen LogP contribution >= 0.6 is 0 Å². The van der Waals surface area contributed by atoms with Gasteiger partial charge in [0.2, 0.25) is 0 Å². The van der Waals surface area contributed by atoms with Gasteiger partial charge in [-0.25, -0.2) is 9.37 Å². The zero-order chi connectivity index (χ0) is 15.4. The zero-order valence-corrected chi connectivity index (χ0v) is 12.4. The number of hydrogen-bond donors (Lipinski definition) is 3. The van der Waals surface area contributed by atoms with E-state index >= 15 is 0 Å². The minimum absolute atomic E-state index is 0.200. The van der Waals surface area contributed by atoms with Gasteiger partial charge < -0.3 is 20.3 Å². The van der Waals surface area contributed by atoms with Gasteiger partial charge in [-0.1, -0.05) is 6.07 Å². The second-order valence-electron chi connectivity index (χ2n) is 5.64. The van der Waals surface area contributed by atoms with Gasteiger partial charge in [0.1, 0.15) is 11.6 Å². The summed E-state index contributed by atoms with van der Waals surface area (Å²) < 4.78 is 14.3. The molecule has 1 fully saturated rings. The van der Waals surface area contributed by atoms with E-state index in [1.165, 1.54) is 0 Å². The molecule has 22 heavy (non-hydrogen) atoms. The number of nitrogens with zero attached hydrogens (tertiary/aromatic N) is 2. The van der Waals surface area contributed by atoms with E-state index in [9.17, 15) is 9.50 Å². The quantitative estimate of drug-likeness (QED) is 0.788. The lowest BCUT2D eigenvalue weighted by Crippen LogP contribution is -2.36. The maximum absolute atomic E-state index is 14.3. The summed E-state index contributed by atoms with van der Waals surface area (Å²) in [5.41, 5.74) is 1.53. The van der Waals surface area contributed by atoms with Crippen molar-refractivity contribution in [3.05, 3.63) is 47.8 Å². The van der Waals surface area contributed by atoms with Gasteiger partial charge in [-0.05, 0) is 30.5 Å². The summed E-state index contributed by atoms with van der Waals surface area (Å²) in [5.74, 6) is 0.664. The monoisotopic (exact) mass is 304 g/mol. The number of aliphatic hydroxyl groups excluding tert-OH is 1. The zero-order valence-electron chi connectivity index (χ0n) is 12.4. The Morgan fingerprint density at radius 2 is 2.14 bits per heavy atom. The number of H-pyrrole nitrogens is 1. The molecule has 3 N–H and O–H groups in total. The highest BCUT2D eigenvalue weighted by Gasteiger charge is 2.19. The molecule has 1 aliphatic rings.